The van der Waals surface area contributed by atoms with Crippen LogP contribution in [-0.2, 0) is 57.9 Å². The van der Waals surface area contributed by atoms with Crippen LogP contribution in [0.2, 0.25) is 0 Å². The van der Waals surface area contributed by atoms with Gasteiger partial charge in [0.05, 0.1) is 24.0 Å². The fourth-order valence-corrected chi connectivity index (χ4v) is 9.39. The molecule has 2 aromatic heterocycles. The molecule has 1 saturated heterocycles. The zero-order valence-electron chi connectivity index (χ0n) is 39.2. The highest BCUT2D eigenvalue weighted by Crippen LogP contribution is 2.37. The van der Waals surface area contributed by atoms with Crippen molar-refractivity contribution >= 4 is 61.9 Å². The van der Waals surface area contributed by atoms with E-state index < -0.39 is 30.0 Å². The van der Waals surface area contributed by atoms with Crippen LogP contribution in [0.25, 0.3) is 32.7 Å². The summed E-state index contributed by atoms with van der Waals surface area (Å²) in [7, 11) is -0.747. The molecule has 10 nitrogen and oxygen atoms in total. The lowest BCUT2D eigenvalue weighted by Gasteiger charge is -2.32. The van der Waals surface area contributed by atoms with Crippen LogP contribution in [0.1, 0.15) is 61.1 Å². The number of H-pyrrole nitrogens is 2. The maximum Gasteiger partial charge on any atom is 0.497 e. The molecule has 5 heterocycles. The monoisotopic (exact) mass is 1000 g/mol. The molecular formula is C56H50BBrF2N4O6. The first kappa shape index (κ1) is 48.0. The summed E-state index contributed by atoms with van der Waals surface area (Å²) in [5.74, 6) is -0.845. The molecule has 0 aliphatic carbocycles. The summed E-state index contributed by atoms with van der Waals surface area (Å²) in [6, 6.07) is 40.4. The minimum atomic E-state index is -0.747. The summed E-state index contributed by atoms with van der Waals surface area (Å²) in [6.45, 7) is 10.2. The third kappa shape index (κ3) is 10.0. The fraction of sp³-hybridized carbons (Fsp3) is 0.214. The van der Waals surface area contributed by atoms with Gasteiger partial charge >= 0.3 is 7.12 Å². The fourth-order valence-electron chi connectivity index (χ4n) is 8.93. The molecule has 3 aliphatic rings. The van der Waals surface area contributed by atoms with E-state index in [0.29, 0.717) is 70.1 Å². The van der Waals surface area contributed by atoms with Gasteiger partial charge in [-0.1, -0.05) is 109 Å². The van der Waals surface area contributed by atoms with E-state index in [-0.39, 0.29) is 35.8 Å². The van der Waals surface area contributed by atoms with Crippen molar-refractivity contribution in [2.45, 2.75) is 77.9 Å². The van der Waals surface area contributed by atoms with Gasteiger partial charge in [-0.05, 0) is 107 Å². The SMILES string of the molecule is CC1(C)OB(c2ccc(CC(=O)N3Cc4ccccc4C3)cc2F)OC1(C)C.O=C(Cc1ccc(-c2c[nH]c(=O)c3ccccc23)c(F)c1)N1Cc2ccccc2C1.O=c1[nH]cc(Br)c2ccccc12. The highest BCUT2D eigenvalue weighted by Gasteiger charge is 2.52. The number of nitrogens with zero attached hydrogens (tertiary/aromatic N) is 2. The van der Waals surface area contributed by atoms with E-state index in [1.807, 2.05) is 111 Å². The van der Waals surface area contributed by atoms with E-state index in [2.05, 4.69) is 25.9 Å². The largest absolute Gasteiger partial charge is 0.497 e. The van der Waals surface area contributed by atoms with Crippen molar-refractivity contribution in [3.63, 3.8) is 0 Å². The van der Waals surface area contributed by atoms with Crippen LogP contribution in [-0.4, -0.2) is 49.9 Å². The minimum Gasteiger partial charge on any atom is -0.399 e. The Labute approximate surface area is 412 Å². The number of halogens is 3. The third-order valence-corrected chi connectivity index (χ3v) is 14.2. The van der Waals surface area contributed by atoms with E-state index in [1.165, 1.54) is 29.5 Å². The van der Waals surface area contributed by atoms with E-state index >= 15 is 0 Å². The molecule has 0 unspecified atom stereocenters. The molecule has 0 saturated carbocycles. The van der Waals surface area contributed by atoms with Crippen molar-refractivity contribution in [3.8, 4) is 11.1 Å². The van der Waals surface area contributed by atoms with Gasteiger partial charge in [-0.15, -0.1) is 0 Å². The van der Waals surface area contributed by atoms with Gasteiger partial charge in [0.25, 0.3) is 11.1 Å². The summed E-state index contributed by atoms with van der Waals surface area (Å²) in [5, 5.41) is 2.87. The predicted octanol–water partition coefficient (Wildman–Crippen LogP) is 9.92. The number of nitrogens with one attached hydrogen (secondary N) is 2. The van der Waals surface area contributed by atoms with Crippen molar-refractivity contribution < 1.29 is 27.7 Å². The average Bonchev–Trinajstić information content (AvgIpc) is 4.05. The highest BCUT2D eigenvalue weighted by molar-refractivity contribution is 9.10. The Bertz CT molecular complexity index is 3360. The molecule has 0 spiro atoms. The van der Waals surface area contributed by atoms with E-state index in [1.54, 1.807) is 53.6 Å². The van der Waals surface area contributed by atoms with Gasteiger partial charge in [0.15, 0.2) is 0 Å². The number of fused-ring (bicyclic) bond motifs is 4. The molecule has 1 fully saturated rings. The second-order valence-corrected chi connectivity index (χ2v) is 19.6. The second-order valence-electron chi connectivity index (χ2n) is 18.7. The van der Waals surface area contributed by atoms with Crippen LogP contribution in [0.3, 0.4) is 0 Å². The van der Waals surface area contributed by atoms with Gasteiger partial charge in [0.1, 0.15) is 11.6 Å². The molecule has 354 valence electrons. The van der Waals surface area contributed by atoms with E-state index in [4.69, 9.17) is 9.31 Å². The molecule has 70 heavy (non-hydrogen) atoms. The Balaban J connectivity index is 0.000000141. The quantitative estimate of drug-likeness (QED) is 0.160. The number of carbonyl (C=O) groups is 2. The molecule has 0 bridgehead atoms. The summed E-state index contributed by atoms with van der Waals surface area (Å²) in [6.07, 6.45) is 3.52. The maximum atomic E-state index is 15.0. The average molecular weight is 1000 g/mol. The van der Waals surface area contributed by atoms with Crippen molar-refractivity contribution in [3.05, 3.63) is 216 Å². The number of benzene rings is 6. The Hall–Kier alpha value is -7.00. The molecule has 0 radical (unpaired) electrons. The minimum absolute atomic E-state index is 0.000942. The standard InChI is InChI=1S/C25H19FN2O2.C22H25BFNO3.C9H6BrNO/c26-23-11-16(12-24(29)28-14-17-5-1-2-6-18(17)15-28)9-10-20(23)22-13-27-25(30)21-8-4-3-7-19(21)22;1-21(2)22(3,4)28-23(27-21)18-10-9-15(11-19(18)24)12-20(26)25-13-16-7-5-6-8-17(16)14-25;10-8-5-11-9(12)7-4-2-1-3-6(7)8/h1-11,13H,12,14-15H2,(H,27,30);5-11H,12-14H2,1-4H3;1-5H,(H,11,12). The molecule has 0 atom stereocenters. The van der Waals surface area contributed by atoms with Gasteiger partial charge in [-0.25, -0.2) is 8.78 Å². The second kappa shape index (κ2) is 19.8. The zero-order valence-corrected chi connectivity index (χ0v) is 40.7. The molecular weight excluding hydrogens is 953 g/mol. The van der Waals surface area contributed by atoms with Crippen molar-refractivity contribution in [2.24, 2.45) is 0 Å². The molecule has 3 aliphatic heterocycles. The molecule has 6 aromatic carbocycles. The van der Waals surface area contributed by atoms with Gasteiger partial charge in [0.2, 0.25) is 11.8 Å². The summed E-state index contributed by atoms with van der Waals surface area (Å²) in [4.78, 5) is 57.6. The lowest BCUT2D eigenvalue weighted by molar-refractivity contribution is -0.131. The number of aromatic amines is 2. The first-order valence-corrected chi connectivity index (χ1v) is 23.8. The Morgan fingerprint density at radius 2 is 0.971 bits per heavy atom. The lowest BCUT2D eigenvalue weighted by Crippen LogP contribution is -2.41. The molecule has 2 amide bonds. The van der Waals surface area contributed by atoms with Gasteiger partial charge in [-0.3, -0.25) is 19.2 Å². The molecule has 8 aromatic rings. The Morgan fingerprint density at radius 3 is 1.44 bits per heavy atom. The first-order valence-electron chi connectivity index (χ1n) is 23.0. The smallest absolute Gasteiger partial charge is 0.399 e. The summed E-state index contributed by atoms with van der Waals surface area (Å²) < 4.78 is 42.5. The Kier molecular flexibility index (Phi) is 13.6. The summed E-state index contributed by atoms with van der Waals surface area (Å²) in [5.41, 5.74) is 6.05. The number of aromatic nitrogens is 2. The number of pyridine rings is 2. The highest BCUT2D eigenvalue weighted by atomic mass is 79.9. The first-order chi connectivity index (χ1) is 33.5. The zero-order chi connectivity index (χ0) is 49.3. The number of hydrogen-bond acceptors (Lipinski definition) is 6. The van der Waals surface area contributed by atoms with Gasteiger partial charge in [-0.2, -0.15) is 0 Å². The normalized spacial score (nSPS) is 15.2. The van der Waals surface area contributed by atoms with Crippen LogP contribution in [0, 0.1) is 11.6 Å². The number of amides is 2. The third-order valence-electron chi connectivity index (χ3n) is 13.6. The van der Waals surface area contributed by atoms with Crippen LogP contribution in [0.4, 0.5) is 8.78 Å². The van der Waals surface area contributed by atoms with E-state index in [9.17, 15) is 28.0 Å². The van der Waals surface area contributed by atoms with Crippen LogP contribution >= 0.6 is 15.9 Å². The van der Waals surface area contributed by atoms with E-state index in [0.717, 1.165) is 21.0 Å². The number of rotatable bonds is 6. The van der Waals surface area contributed by atoms with Gasteiger partial charge in [0, 0.05) is 75.8 Å². The predicted molar refractivity (Wildman–Crippen MR) is 273 cm³/mol. The maximum absolute atomic E-state index is 15.0. The number of hydrogen-bond donors (Lipinski definition) is 2. The van der Waals surface area contributed by atoms with Gasteiger partial charge < -0.3 is 29.1 Å². The molecule has 14 heteroatoms. The molecule has 2 N–H and O–H groups in total. The van der Waals surface area contributed by atoms with Crippen molar-refractivity contribution in [2.75, 3.05) is 0 Å². The van der Waals surface area contributed by atoms with Crippen LogP contribution < -0.4 is 16.6 Å². The topological polar surface area (TPSA) is 125 Å². The van der Waals surface area contributed by atoms with Crippen molar-refractivity contribution in [1.29, 1.82) is 0 Å². The number of carbonyl (C=O) groups excluding carboxylic acids is 2. The van der Waals surface area contributed by atoms with Crippen LogP contribution in [0.5, 0.6) is 0 Å². The molecule has 11 rings (SSSR count). The van der Waals surface area contributed by atoms with Crippen molar-refractivity contribution in [1.82, 2.24) is 19.8 Å². The summed E-state index contributed by atoms with van der Waals surface area (Å²) >= 11 is 3.36. The Morgan fingerprint density at radius 1 is 0.557 bits per heavy atom. The van der Waals surface area contributed by atoms with Crippen LogP contribution in [0.15, 0.2) is 160 Å². The lowest BCUT2D eigenvalue weighted by atomic mass is 9.78.